The van der Waals surface area contributed by atoms with Gasteiger partial charge in [0.25, 0.3) is 5.91 Å². The van der Waals surface area contributed by atoms with Gasteiger partial charge in [0.1, 0.15) is 17.5 Å². The third-order valence-corrected chi connectivity index (χ3v) is 5.46. The van der Waals surface area contributed by atoms with E-state index in [9.17, 15) is 9.18 Å². The first kappa shape index (κ1) is 23.0. The summed E-state index contributed by atoms with van der Waals surface area (Å²) >= 11 is 11.9. The number of hydrogen-bond donors (Lipinski definition) is 3. The second-order valence-electron chi connectivity index (χ2n) is 7.38. The number of carbonyl (C=O) groups is 1. The minimum Gasteiger partial charge on any atom is -0.455 e. The average Bonchev–Trinajstić information content (AvgIpc) is 3.57. The van der Waals surface area contributed by atoms with Crippen molar-refractivity contribution in [3.63, 3.8) is 0 Å². The Labute approximate surface area is 190 Å². The van der Waals surface area contributed by atoms with Crippen LogP contribution in [0.1, 0.15) is 43.0 Å². The summed E-state index contributed by atoms with van der Waals surface area (Å²) in [6.07, 6.45) is 1.94. The van der Waals surface area contributed by atoms with Crippen LogP contribution in [0.4, 0.5) is 4.39 Å². The van der Waals surface area contributed by atoms with Crippen molar-refractivity contribution in [2.45, 2.75) is 31.9 Å². The molecule has 5 nitrogen and oxygen atoms in total. The lowest BCUT2D eigenvalue weighted by Gasteiger charge is -2.17. The molecule has 8 heteroatoms. The van der Waals surface area contributed by atoms with Gasteiger partial charge >= 0.3 is 0 Å². The molecule has 0 aromatic heterocycles. The van der Waals surface area contributed by atoms with Crippen LogP contribution >= 0.6 is 23.2 Å². The number of halogens is 3. The van der Waals surface area contributed by atoms with Crippen molar-refractivity contribution in [1.29, 1.82) is 0 Å². The predicted octanol–water partition coefficient (Wildman–Crippen LogP) is 5.11. The maximum absolute atomic E-state index is 14.6. The number of nitrogens with two attached hydrogens (primary N) is 2. The molecule has 1 atom stereocenters. The van der Waals surface area contributed by atoms with E-state index in [0.717, 1.165) is 19.0 Å². The molecule has 0 bridgehead atoms. The van der Waals surface area contributed by atoms with Crippen molar-refractivity contribution in [3.8, 4) is 5.75 Å². The largest absolute Gasteiger partial charge is 0.455 e. The van der Waals surface area contributed by atoms with Gasteiger partial charge in [-0.1, -0.05) is 41.4 Å². The summed E-state index contributed by atoms with van der Waals surface area (Å²) in [5.41, 5.74) is 13.3. The quantitative estimate of drug-likeness (QED) is 0.288. The van der Waals surface area contributed by atoms with E-state index in [1.165, 1.54) is 23.8 Å². The summed E-state index contributed by atoms with van der Waals surface area (Å²) in [6.45, 7) is 1.23. The Kier molecular flexibility index (Phi) is 7.46. The third-order valence-electron chi connectivity index (χ3n) is 4.90. The van der Waals surface area contributed by atoms with Crippen LogP contribution in [0, 0.1) is 0 Å². The molecule has 164 valence electrons. The summed E-state index contributed by atoms with van der Waals surface area (Å²) in [5, 5.41) is 3.10. The molecule has 0 saturated heterocycles. The molecular formula is C23H24Cl2FN3O2. The first-order chi connectivity index (χ1) is 14.8. The van der Waals surface area contributed by atoms with Crippen LogP contribution in [0.15, 0.2) is 65.7 Å². The molecule has 1 amide bonds. The Morgan fingerprint density at radius 1 is 1.29 bits per heavy atom. The van der Waals surface area contributed by atoms with E-state index in [1.54, 1.807) is 13.0 Å². The smallest absolute Gasteiger partial charge is 0.256 e. The summed E-state index contributed by atoms with van der Waals surface area (Å²) in [5.74, 6) is 0.571. The van der Waals surface area contributed by atoms with Gasteiger partial charge in [0.05, 0.1) is 6.54 Å². The van der Waals surface area contributed by atoms with Crippen molar-refractivity contribution in [2.75, 3.05) is 6.54 Å². The Morgan fingerprint density at radius 3 is 2.65 bits per heavy atom. The second-order valence-corrected chi connectivity index (χ2v) is 8.22. The molecule has 2 aromatic rings. The molecule has 31 heavy (non-hydrogen) atoms. The Bertz CT molecular complexity index is 1030. The van der Waals surface area contributed by atoms with Crippen LogP contribution in [0.25, 0.3) is 0 Å². The highest BCUT2D eigenvalue weighted by Gasteiger charge is 2.25. The van der Waals surface area contributed by atoms with Crippen molar-refractivity contribution < 1.29 is 13.9 Å². The summed E-state index contributed by atoms with van der Waals surface area (Å²) in [6, 6.07) is 12.1. The third kappa shape index (κ3) is 5.93. The van der Waals surface area contributed by atoms with Gasteiger partial charge in [-0.15, -0.1) is 0 Å². The maximum atomic E-state index is 14.6. The average molecular weight is 464 g/mol. The van der Waals surface area contributed by atoms with Crippen LogP contribution in [-0.2, 0) is 4.79 Å². The highest BCUT2D eigenvalue weighted by Crippen LogP contribution is 2.41. The van der Waals surface area contributed by atoms with Crippen molar-refractivity contribution in [1.82, 2.24) is 5.32 Å². The standard InChI is InChI=1S/C23H24Cl2FN3O2/c1-13(28)22(21(11-27)31-17-4-2-3-15(9-17)14-5-6-14)23(30)29-12-20(26)18-8-7-16(24)10-19(18)25/h2-4,7-11,14,20H,5-6,12,27-28H2,1H3,(H,29,30)/b21-11+,22-13+. The summed E-state index contributed by atoms with van der Waals surface area (Å²) in [7, 11) is 0. The number of allylic oxidation sites excluding steroid dienone is 1. The minimum absolute atomic E-state index is 0.0359. The highest BCUT2D eigenvalue weighted by atomic mass is 35.5. The molecule has 1 aliphatic carbocycles. The van der Waals surface area contributed by atoms with E-state index in [4.69, 9.17) is 39.4 Å². The Hall–Kier alpha value is -2.70. The maximum Gasteiger partial charge on any atom is 0.256 e. The second kappa shape index (κ2) is 10.1. The molecule has 0 heterocycles. The monoisotopic (exact) mass is 463 g/mol. The van der Waals surface area contributed by atoms with Crippen LogP contribution < -0.4 is 21.5 Å². The summed E-state index contributed by atoms with van der Waals surface area (Å²) < 4.78 is 20.5. The van der Waals surface area contributed by atoms with Gasteiger partial charge in [-0.3, -0.25) is 4.79 Å². The number of carbonyl (C=O) groups excluding carboxylic acids is 1. The SMILES string of the molecule is C/C(N)=C(C(=O)NCC(F)c1ccc(Cl)cc1Cl)/C(=C\N)Oc1cccc(C2CC2)c1. The van der Waals surface area contributed by atoms with E-state index in [-0.39, 0.29) is 34.2 Å². The van der Waals surface area contributed by atoms with Gasteiger partial charge in [0.2, 0.25) is 0 Å². The topological polar surface area (TPSA) is 90.4 Å². The van der Waals surface area contributed by atoms with E-state index in [2.05, 4.69) is 5.32 Å². The fraction of sp³-hybridized carbons (Fsp3) is 0.261. The molecule has 0 spiro atoms. The molecule has 0 radical (unpaired) electrons. The molecule has 1 saturated carbocycles. The molecule has 5 N–H and O–H groups in total. The Morgan fingerprint density at radius 2 is 2.03 bits per heavy atom. The molecule has 1 aliphatic rings. The number of alkyl halides is 1. The van der Waals surface area contributed by atoms with Gasteiger partial charge in [-0.25, -0.2) is 4.39 Å². The number of ether oxygens (including phenoxy) is 1. The van der Waals surface area contributed by atoms with E-state index in [1.807, 2.05) is 18.2 Å². The molecule has 2 aromatic carbocycles. The first-order valence-electron chi connectivity index (χ1n) is 9.83. The zero-order valence-electron chi connectivity index (χ0n) is 17.0. The van der Waals surface area contributed by atoms with Crippen LogP contribution in [-0.4, -0.2) is 12.5 Å². The fourth-order valence-corrected chi connectivity index (χ4v) is 3.69. The van der Waals surface area contributed by atoms with E-state index < -0.39 is 12.1 Å². The number of amides is 1. The van der Waals surface area contributed by atoms with Gasteiger partial charge in [-0.2, -0.15) is 0 Å². The van der Waals surface area contributed by atoms with Gasteiger partial charge in [-0.05, 0) is 55.5 Å². The molecule has 1 unspecified atom stereocenters. The van der Waals surface area contributed by atoms with E-state index in [0.29, 0.717) is 16.7 Å². The van der Waals surface area contributed by atoms with Gasteiger partial charge in [0.15, 0.2) is 5.76 Å². The van der Waals surface area contributed by atoms with Crippen molar-refractivity contribution >= 4 is 29.1 Å². The number of hydrogen-bond acceptors (Lipinski definition) is 4. The Balaban J connectivity index is 1.70. The van der Waals surface area contributed by atoms with Crippen molar-refractivity contribution in [3.05, 3.63) is 86.9 Å². The normalized spacial score (nSPS) is 15.8. The van der Waals surface area contributed by atoms with Crippen LogP contribution in [0.3, 0.4) is 0 Å². The lowest BCUT2D eigenvalue weighted by molar-refractivity contribution is -0.117. The molecule has 3 rings (SSSR count). The van der Waals surface area contributed by atoms with E-state index >= 15 is 0 Å². The number of rotatable bonds is 8. The van der Waals surface area contributed by atoms with Crippen LogP contribution in [0.2, 0.25) is 10.0 Å². The molecule has 1 fully saturated rings. The lowest BCUT2D eigenvalue weighted by atomic mass is 10.1. The molecular weight excluding hydrogens is 440 g/mol. The van der Waals surface area contributed by atoms with Crippen molar-refractivity contribution in [2.24, 2.45) is 11.5 Å². The number of nitrogens with one attached hydrogen (secondary N) is 1. The van der Waals surface area contributed by atoms with Gasteiger partial charge in [0, 0.05) is 27.5 Å². The summed E-state index contributed by atoms with van der Waals surface area (Å²) in [4.78, 5) is 12.8. The predicted molar refractivity (Wildman–Crippen MR) is 122 cm³/mol. The minimum atomic E-state index is -1.53. The van der Waals surface area contributed by atoms with Gasteiger partial charge < -0.3 is 21.5 Å². The molecule has 0 aliphatic heterocycles. The zero-order valence-corrected chi connectivity index (χ0v) is 18.5. The number of benzene rings is 2. The zero-order chi connectivity index (χ0) is 22.5. The first-order valence-corrected chi connectivity index (χ1v) is 10.6. The van der Waals surface area contributed by atoms with Crippen LogP contribution in [0.5, 0.6) is 5.75 Å². The fourth-order valence-electron chi connectivity index (χ4n) is 3.17. The highest BCUT2D eigenvalue weighted by molar-refractivity contribution is 6.35. The lowest BCUT2D eigenvalue weighted by Crippen LogP contribution is -2.31.